The van der Waals surface area contributed by atoms with Crippen LogP contribution in [0.25, 0.3) is 0 Å². The van der Waals surface area contributed by atoms with Gasteiger partial charge in [-0.15, -0.1) is 0 Å². The minimum Gasteiger partial charge on any atom is -0.499 e. The first kappa shape index (κ1) is 13.6. The summed E-state index contributed by atoms with van der Waals surface area (Å²) in [5, 5.41) is 30.2. The van der Waals surface area contributed by atoms with Gasteiger partial charge >= 0.3 is 16.1 Å². The second kappa shape index (κ2) is 4.42. The van der Waals surface area contributed by atoms with Crippen LogP contribution in [0.1, 0.15) is 0 Å². The lowest BCUT2D eigenvalue weighted by atomic mass is 10.2. The highest BCUT2D eigenvalue weighted by Gasteiger charge is 2.27. The van der Waals surface area contributed by atoms with E-state index >= 15 is 0 Å². The third-order valence-corrected chi connectivity index (χ3v) is 2.03. The molecule has 2 N–H and O–H groups in total. The highest BCUT2D eigenvalue weighted by Crippen LogP contribution is 2.40. The Hall–Kier alpha value is -2.47. The van der Waals surface area contributed by atoms with Crippen molar-refractivity contribution in [2.24, 2.45) is 0 Å². The van der Waals surface area contributed by atoms with Gasteiger partial charge in [0.25, 0.3) is 5.69 Å². The Bertz CT molecular complexity index is 622. The summed E-state index contributed by atoms with van der Waals surface area (Å²) in [7, 11) is -5.09. The molecule has 98 valence electrons. The van der Waals surface area contributed by atoms with Crippen molar-refractivity contribution in [3.8, 4) is 11.5 Å². The van der Waals surface area contributed by atoms with Gasteiger partial charge in [0.05, 0.1) is 22.0 Å². The Morgan fingerprint density at radius 3 is 2.11 bits per heavy atom. The molecule has 0 amide bonds. The molecule has 18 heavy (non-hydrogen) atoms. The summed E-state index contributed by atoms with van der Waals surface area (Å²) in [5.74, 6) is -2.39. The van der Waals surface area contributed by atoms with Crippen molar-refractivity contribution in [3.05, 3.63) is 32.4 Å². The molecule has 0 aliphatic rings. The Morgan fingerprint density at radius 2 is 1.72 bits per heavy atom. The maximum absolute atomic E-state index is 10.5. The predicted octanol–water partition coefficient (Wildman–Crippen LogP) is 0.390. The Morgan fingerprint density at radius 1 is 1.17 bits per heavy atom. The van der Waals surface area contributed by atoms with Gasteiger partial charge in [-0.1, -0.05) is 0 Å². The molecule has 0 saturated heterocycles. The van der Waals surface area contributed by atoms with Gasteiger partial charge in [0.2, 0.25) is 11.5 Å². The van der Waals surface area contributed by atoms with Crippen LogP contribution in [0.3, 0.4) is 0 Å². The summed E-state index contributed by atoms with van der Waals surface area (Å²) in [6.45, 7) is 0. The number of rotatable bonds is 4. The first-order chi connectivity index (χ1) is 8.11. The molecule has 0 fully saturated rings. The molecule has 0 radical (unpaired) electrons. The van der Waals surface area contributed by atoms with Gasteiger partial charge in [0.15, 0.2) is 0 Å². The van der Waals surface area contributed by atoms with E-state index in [0.29, 0.717) is 12.1 Å². The van der Waals surface area contributed by atoms with E-state index in [0.717, 1.165) is 0 Å². The fraction of sp³-hybridized carbons (Fsp3) is 0. The largest absolute Gasteiger partial charge is 0.499 e. The SMILES string of the molecule is O=[N+]([O-])c1cc(OS(=O)(=O)O)c(O)c([N+](=O)[O-])c1. The Kier molecular flexibility index (Phi) is 3.34. The van der Waals surface area contributed by atoms with Crippen LogP contribution in [-0.2, 0) is 10.4 Å². The standard InChI is InChI=1S/C6H4N2O9S/c9-6-4(8(12)13)1-3(7(10)11)2-5(6)17-18(14,15)16/h1-2,9H,(H,14,15,16). The van der Waals surface area contributed by atoms with Crippen molar-refractivity contribution >= 4 is 21.8 Å². The van der Waals surface area contributed by atoms with Gasteiger partial charge in [-0.25, -0.2) is 0 Å². The van der Waals surface area contributed by atoms with Gasteiger partial charge in [0.1, 0.15) is 0 Å². The zero-order chi connectivity index (χ0) is 14.1. The summed E-state index contributed by atoms with van der Waals surface area (Å²) in [6.07, 6.45) is 0. The van der Waals surface area contributed by atoms with Crippen molar-refractivity contribution in [1.29, 1.82) is 0 Å². The van der Waals surface area contributed by atoms with Crippen LogP contribution in [0.5, 0.6) is 11.5 Å². The molecule has 0 aliphatic heterocycles. The van der Waals surface area contributed by atoms with Crippen LogP contribution in [-0.4, -0.2) is 27.9 Å². The number of hydrogen-bond donors (Lipinski definition) is 2. The lowest BCUT2D eigenvalue weighted by Crippen LogP contribution is -2.07. The molecule has 11 nitrogen and oxygen atoms in total. The molecular weight excluding hydrogens is 276 g/mol. The van der Waals surface area contributed by atoms with Crippen LogP contribution in [0.2, 0.25) is 0 Å². The molecule has 0 unspecified atom stereocenters. The topological polar surface area (TPSA) is 170 Å². The molecule has 1 aromatic rings. The fourth-order valence-corrected chi connectivity index (χ4v) is 1.35. The summed E-state index contributed by atoms with van der Waals surface area (Å²) < 4.78 is 32.9. The molecule has 0 aromatic heterocycles. The smallest absolute Gasteiger partial charge is 0.446 e. The van der Waals surface area contributed by atoms with Crippen molar-refractivity contribution in [3.63, 3.8) is 0 Å². The number of non-ortho nitro benzene ring substituents is 1. The van der Waals surface area contributed by atoms with E-state index in [1.807, 2.05) is 0 Å². The van der Waals surface area contributed by atoms with E-state index in [1.54, 1.807) is 0 Å². The number of hydrogen-bond acceptors (Lipinski definition) is 8. The normalized spacial score (nSPS) is 10.9. The van der Waals surface area contributed by atoms with E-state index in [9.17, 15) is 33.8 Å². The second-order valence-corrected chi connectivity index (χ2v) is 3.86. The number of phenols is 1. The predicted molar refractivity (Wildman–Crippen MR) is 53.6 cm³/mol. The highest BCUT2D eigenvalue weighted by atomic mass is 32.3. The average molecular weight is 280 g/mol. The highest BCUT2D eigenvalue weighted by molar-refractivity contribution is 7.81. The summed E-state index contributed by atoms with van der Waals surface area (Å²) in [4.78, 5) is 18.7. The zero-order valence-corrected chi connectivity index (χ0v) is 9.03. The average Bonchev–Trinajstić information content (AvgIpc) is 2.18. The van der Waals surface area contributed by atoms with Crippen LogP contribution >= 0.6 is 0 Å². The van der Waals surface area contributed by atoms with Gasteiger partial charge in [-0.05, 0) is 0 Å². The first-order valence-electron chi connectivity index (χ1n) is 3.94. The van der Waals surface area contributed by atoms with Crippen LogP contribution in [0, 0.1) is 20.2 Å². The third kappa shape index (κ3) is 3.02. The van der Waals surface area contributed by atoms with E-state index in [1.165, 1.54) is 0 Å². The molecule has 1 aromatic carbocycles. The lowest BCUT2D eigenvalue weighted by Gasteiger charge is -2.04. The molecule has 0 saturated carbocycles. The van der Waals surface area contributed by atoms with Gasteiger partial charge < -0.3 is 9.29 Å². The molecule has 0 aliphatic carbocycles. The van der Waals surface area contributed by atoms with E-state index in [4.69, 9.17) is 4.55 Å². The number of aromatic hydroxyl groups is 1. The summed E-state index contributed by atoms with van der Waals surface area (Å²) in [6, 6.07) is 0.822. The van der Waals surface area contributed by atoms with Crippen LogP contribution in [0.15, 0.2) is 12.1 Å². The van der Waals surface area contributed by atoms with E-state index in [-0.39, 0.29) is 0 Å². The molecular formula is C6H4N2O9S. The number of benzene rings is 1. The maximum Gasteiger partial charge on any atom is 0.446 e. The third-order valence-electron chi connectivity index (χ3n) is 1.64. The monoisotopic (exact) mass is 280 g/mol. The fourth-order valence-electron chi connectivity index (χ4n) is 1.00. The van der Waals surface area contributed by atoms with E-state index < -0.39 is 43.1 Å². The zero-order valence-electron chi connectivity index (χ0n) is 8.21. The number of nitrogens with zero attached hydrogens (tertiary/aromatic N) is 2. The van der Waals surface area contributed by atoms with Crippen LogP contribution in [0.4, 0.5) is 11.4 Å². The summed E-state index contributed by atoms with van der Waals surface area (Å²) >= 11 is 0. The Balaban J connectivity index is 3.50. The maximum atomic E-state index is 10.5. The molecule has 0 bridgehead atoms. The minimum absolute atomic E-state index is 0.409. The quantitative estimate of drug-likeness (QED) is 0.449. The molecule has 0 atom stereocenters. The Labute approximate surface area is 98.5 Å². The first-order valence-corrected chi connectivity index (χ1v) is 5.31. The van der Waals surface area contributed by atoms with Crippen LogP contribution < -0.4 is 4.18 Å². The number of phenolic OH excluding ortho intramolecular Hbond substituents is 1. The van der Waals surface area contributed by atoms with Crippen molar-refractivity contribution in [2.75, 3.05) is 0 Å². The number of nitro groups is 2. The second-order valence-electron chi connectivity index (χ2n) is 2.84. The lowest BCUT2D eigenvalue weighted by molar-refractivity contribution is -0.394. The molecule has 0 heterocycles. The molecule has 1 rings (SSSR count). The van der Waals surface area contributed by atoms with Crippen molar-refractivity contribution in [2.45, 2.75) is 0 Å². The van der Waals surface area contributed by atoms with Gasteiger partial charge in [-0.2, -0.15) is 8.42 Å². The molecule has 12 heteroatoms. The summed E-state index contributed by atoms with van der Waals surface area (Å²) in [5.41, 5.74) is -2.03. The van der Waals surface area contributed by atoms with Gasteiger partial charge in [-0.3, -0.25) is 24.8 Å². The number of nitro benzene ring substituents is 2. The van der Waals surface area contributed by atoms with Crippen molar-refractivity contribution in [1.82, 2.24) is 0 Å². The van der Waals surface area contributed by atoms with Crippen molar-refractivity contribution < 1.29 is 32.1 Å². The van der Waals surface area contributed by atoms with Gasteiger partial charge in [0, 0.05) is 0 Å². The van der Waals surface area contributed by atoms with E-state index in [2.05, 4.69) is 4.18 Å². The minimum atomic E-state index is -5.09. The molecule has 0 spiro atoms.